The molecule has 29 heavy (non-hydrogen) atoms. The number of aryl methyl sites for hydroxylation is 3. The third kappa shape index (κ3) is 4.10. The van der Waals surface area contributed by atoms with Gasteiger partial charge in [-0.3, -0.25) is 4.72 Å². The maximum Gasteiger partial charge on any atom is 0.452 e. The van der Waals surface area contributed by atoms with Crippen LogP contribution in [-0.4, -0.2) is 20.7 Å². The average molecular weight is 446 g/mol. The van der Waals surface area contributed by atoms with Gasteiger partial charge in [0.15, 0.2) is 0 Å². The number of sulfonamides is 1. The normalized spacial score (nSPS) is 12.2. The van der Waals surface area contributed by atoms with E-state index in [0.29, 0.717) is 21.6 Å². The molecule has 0 aliphatic heterocycles. The predicted octanol–water partition coefficient (Wildman–Crippen LogP) is 5.16. The standard InChI is InChI=1S/C18H17F3N2O4S2/c1-9-5-6-14(26-4)12(7-9)23-29(24,25)17-11(3)28-10(2)16(17)13-8-15(27-22-13)18(19,20)21/h5-8,23H,1-4H3. The highest BCUT2D eigenvalue weighted by Gasteiger charge is 2.37. The lowest BCUT2D eigenvalue weighted by Crippen LogP contribution is -2.15. The Kier molecular flexibility index (Phi) is 5.39. The average Bonchev–Trinajstić information content (AvgIpc) is 3.18. The van der Waals surface area contributed by atoms with Gasteiger partial charge in [-0.2, -0.15) is 13.2 Å². The van der Waals surface area contributed by atoms with Crippen molar-refractivity contribution in [2.24, 2.45) is 0 Å². The van der Waals surface area contributed by atoms with Crippen LogP contribution in [0.5, 0.6) is 5.75 Å². The maximum absolute atomic E-state index is 13.2. The molecule has 0 unspecified atom stereocenters. The first kappa shape index (κ1) is 21.2. The molecule has 2 aromatic heterocycles. The zero-order valence-corrected chi connectivity index (χ0v) is 17.5. The SMILES string of the molecule is COc1ccc(C)cc1NS(=O)(=O)c1c(C)sc(C)c1-c1cc(C(F)(F)F)on1. The Labute approximate surface area is 169 Å². The summed E-state index contributed by atoms with van der Waals surface area (Å²) in [4.78, 5) is 0.764. The fourth-order valence-electron chi connectivity index (χ4n) is 2.91. The Balaban J connectivity index is 2.12. The number of alkyl halides is 3. The second-order valence-corrected chi connectivity index (χ2v) is 9.35. The van der Waals surface area contributed by atoms with Crippen molar-refractivity contribution in [1.82, 2.24) is 5.16 Å². The number of ether oxygens (including phenoxy) is 1. The van der Waals surface area contributed by atoms with Crippen LogP contribution in [0.1, 0.15) is 21.1 Å². The molecule has 0 saturated heterocycles. The van der Waals surface area contributed by atoms with E-state index in [2.05, 4.69) is 14.4 Å². The van der Waals surface area contributed by atoms with E-state index >= 15 is 0 Å². The van der Waals surface area contributed by atoms with E-state index in [0.717, 1.165) is 16.9 Å². The van der Waals surface area contributed by atoms with Crippen molar-refractivity contribution >= 4 is 27.0 Å². The molecule has 6 nitrogen and oxygen atoms in total. The van der Waals surface area contributed by atoms with Crippen molar-refractivity contribution in [3.05, 3.63) is 45.3 Å². The smallest absolute Gasteiger partial charge is 0.452 e. The molecule has 0 atom stereocenters. The lowest BCUT2D eigenvalue weighted by atomic mass is 10.1. The van der Waals surface area contributed by atoms with Crippen LogP contribution in [0.2, 0.25) is 0 Å². The lowest BCUT2D eigenvalue weighted by Gasteiger charge is -2.13. The molecule has 2 heterocycles. The maximum atomic E-state index is 13.2. The van der Waals surface area contributed by atoms with Crippen LogP contribution in [0, 0.1) is 20.8 Å². The minimum atomic E-state index is -4.73. The van der Waals surface area contributed by atoms with Crippen LogP contribution < -0.4 is 9.46 Å². The number of thiophene rings is 1. The number of hydrogen-bond donors (Lipinski definition) is 1. The number of benzene rings is 1. The third-order valence-electron chi connectivity index (χ3n) is 4.12. The quantitative estimate of drug-likeness (QED) is 0.586. The summed E-state index contributed by atoms with van der Waals surface area (Å²) >= 11 is 1.14. The number of methoxy groups -OCH3 is 1. The number of hydrogen-bond acceptors (Lipinski definition) is 6. The Morgan fingerprint density at radius 1 is 1.14 bits per heavy atom. The van der Waals surface area contributed by atoms with Gasteiger partial charge in [-0.25, -0.2) is 8.42 Å². The van der Waals surface area contributed by atoms with E-state index in [1.54, 1.807) is 39.0 Å². The number of nitrogens with one attached hydrogen (secondary N) is 1. The number of nitrogens with zero attached hydrogens (tertiary/aromatic N) is 1. The largest absolute Gasteiger partial charge is 0.495 e. The number of anilines is 1. The number of halogens is 3. The van der Waals surface area contributed by atoms with Crippen LogP contribution in [0.25, 0.3) is 11.3 Å². The van der Waals surface area contributed by atoms with Gasteiger partial charge in [-0.1, -0.05) is 11.2 Å². The zero-order valence-electron chi connectivity index (χ0n) is 15.8. The third-order valence-corrected chi connectivity index (χ3v) is 6.81. The Bertz CT molecular complexity index is 1160. The molecule has 0 amide bonds. The van der Waals surface area contributed by atoms with Crippen LogP contribution >= 0.6 is 11.3 Å². The Hall–Kier alpha value is -2.53. The summed E-state index contributed by atoms with van der Waals surface area (Å²) in [7, 11) is -2.76. The fourth-order valence-corrected chi connectivity index (χ4v) is 5.84. The molecular weight excluding hydrogens is 429 g/mol. The first-order valence-corrected chi connectivity index (χ1v) is 10.6. The minimum absolute atomic E-state index is 0.0749. The van der Waals surface area contributed by atoms with Gasteiger partial charge in [0, 0.05) is 21.4 Å². The van der Waals surface area contributed by atoms with Gasteiger partial charge in [0.05, 0.1) is 12.8 Å². The summed E-state index contributed by atoms with van der Waals surface area (Å²) in [6.45, 7) is 4.98. The molecule has 11 heteroatoms. The van der Waals surface area contributed by atoms with Crippen molar-refractivity contribution in [3.8, 4) is 17.0 Å². The van der Waals surface area contributed by atoms with Crippen molar-refractivity contribution < 1.29 is 30.8 Å². The summed E-state index contributed by atoms with van der Waals surface area (Å²) in [5, 5.41) is 3.45. The topological polar surface area (TPSA) is 81.4 Å². The van der Waals surface area contributed by atoms with Crippen molar-refractivity contribution in [3.63, 3.8) is 0 Å². The van der Waals surface area contributed by atoms with Gasteiger partial charge >= 0.3 is 6.18 Å². The molecule has 0 saturated carbocycles. The highest BCUT2D eigenvalue weighted by Crippen LogP contribution is 2.41. The van der Waals surface area contributed by atoms with E-state index < -0.39 is 22.0 Å². The molecular formula is C18H17F3N2O4S2. The predicted molar refractivity (Wildman–Crippen MR) is 103 cm³/mol. The van der Waals surface area contributed by atoms with Crippen molar-refractivity contribution in [1.29, 1.82) is 0 Å². The number of aromatic nitrogens is 1. The van der Waals surface area contributed by atoms with E-state index in [1.807, 2.05) is 0 Å². The molecule has 0 radical (unpaired) electrons. The van der Waals surface area contributed by atoms with Gasteiger partial charge in [0.2, 0.25) is 5.76 Å². The summed E-state index contributed by atoms with van der Waals surface area (Å²) < 4.78 is 77.1. The first-order valence-electron chi connectivity index (χ1n) is 8.25. The second kappa shape index (κ2) is 7.38. The van der Waals surface area contributed by atoms with Gasteiger partial charge in [-0.15, -0.1) is 11.3 Å². The lowest BCUT2D eigenvalue weighted by molar-refractivity contribution is -0.155. The molecule has 3 aromatic rings. The number of rotatable bonds is 5. The monoisotopic (exact) mass is 446 g/mol. The summed E-state index contributed by atoms with van der Waals surface area (Å²) in [6, 6.07) is 5.67. The van der Waals surface area contributed by atoms with Crippen LogP contribution in [0.3, 0.4) is 0 Å². The molecule has 0 aliphatic rings. The highest BCUT2D eigenvalue weighted by molar-refractivity contribution is 7.93. The van der Waals surface area contributed by atoms with Gasteiger partial charge < -0.3 is 9.26 Å². The van der Waals surface area contributed by atoms with Crippen LogP contribution in [0.15, 0.2) is 33.7 Å². The molecule has 0 bridgehead atoms. The minimum Gasteiger partial charge on any atom is -0.495 e. The fraction of sp³-hybridized carbons (Fsp3) is 0.278. The molecule has 0 aliphatic carbocycles. The molecule has 0 spiro atoms. The molecule has 1 N–H and O–H groups in total. The van der Waals surface area contributed by atoms with Crippen molar-refractivity contribution in [2.45, 2.75) is 31.8 Å². The molecule has 156 valence electrons. The van der Waals surface area contributed by atoms with Crippen LogP contribution in [0.4, 0.5) is 18.9 Å². The van der Waals surface area contributed by atoms with E-state index in [9.17, 15) is 21.6 Å². The van der Waals surface area contributed by atoms with Gasteiger partial charge in [-0.05, 0) is 38.5 Å². The Morgan fingerprint density at radius 3 is 2.41 bits per heavy atom. The first-order chi connectivity index (χ1) is 13.4. The summed E-state index contributed by atoms with van der Waals surface area (Å²) in [6.07, 6.45) is -4.73. The molecule has 1 aromatic carbocycles. The molecule has 3 rings (SSSR count). The van der Waals surface area contributed by atoms with Gasteiger partial charge in [0.1, 0.15) is 16.3 Å². The molecule has 0 fully saturated rings. The summed E-state index contributed by atoms with van der Waals surface area (Å²) in [5.74, 6) is -0.987. The van der Waals surface area contributed by atoms with E-state index in [-0.39, 0.29) is 21.8 Å². The highest BCUT2D eigenvalue weighted by atomic mass is 32.2. The van der Waals surface area contributed by atoms with Crippen molar-refractivity contribution in [2.75, 3.05) is 11.8 Å². The van der Waals surface area contributed by atoms with E-state index in [1.165, 1.54) is 7.11 Å². The Morgan fingerprint density at radius 2 is 1.83 bits per heavy atom. The zero-order chi connectivity index (χ0) is 21.6. The van der Waals surface area contributed by atoms with Gasteiger partial charge in [0.25, 0.3) is 10.0 Å². The van der Waals surface area contributed by atoms with Crippen LogP contribution in [-0.2, 0) is 16.2 Å². The second-order valence-electron chi connectivity index (χ2n) is 6.30. The summed E-state index contributed by atoms with van der Waals surface area (Å²) in [5.41, 5.74) is 0.896. The van der Waals surface area contributed by atoms with E-state index in [4.69, 9.17) is 4.74 Å².